The van der Waals surface area contributed by atoms with Crippen LogP contribution in [-0.2, 0) is 0 Å². The van der Waals surface area contributed by atoms with Gasteiger partial charge in [-0.1, -0.05) is 29.8 Å². The van der Waals surface area contributed by atoms with Gasteiger partial charge in [0, 0.05) is 5.02 Å². The van der Waals surface area contributed by atoms with Crippen molar-refractivity contribution >= 4 is 11.6 Å². The molecular formula is C16H17ClFN. The fourth-order valence-corrected chi connectivity index (χ4v) is 2.42. The van der Waals surface area contributed by atoms with E-state index in [1.54, 1.807) is 6.07 Å². The van der Waals surface area contributed by atoms with Crippen molar-refractivity contribution in [2.75, 3.05) is 7.05 Å². The molecule has 2 aromatic rings. The van der Waals surface area contributed by atoms with Gasteiger partial charge >= 0.3 is 0 Å². The van der Waals surface area contributed by atoms with E-state index in [1.165, 1.54) is 6.07 Å². The van der Waals surface area contributed by atoms with Crippen molar-refractivity contribution in [1.29, 1.82) is 0 Å². The number of aryl methyl sites for hydroxylation is 2. The van der Waals surface area contributed by atoms with Crippen molar-refractivity contribution in [2.45, 2.75) is 19.9 Å². The van der Waals surface area contributed by atoms with Gasteiger partial charge in [0.2, 0.25) is 0 Å². The minimum atomic E-state index is -0.207. The molecule has 1 unspecified atom stereocenters. The van der Waals surface area contributed by atoms with E-state index in [0.717, 1.165) is 27.3 Å². The number of hydrogen-bond acceptors (Lipinski definition) is 1. The summed E-state index contributed by atoms with van der Waals surface area (Å²) in [4.78, 5) is 0. The van der Waals surface area contributed by atoms with Crippen LogP contribution in [0.3, 0.4) is 0 Å². The van der Waals surface area contributed by atoms with E-state index in [0.29, 0.717) is 0 Å². The molecule has 0 aliphatic carbocycles. The Bertz CT molecular complexity index is 575. The zero-order valence-electron chi connectivity index (χ0n) is 11.3. The number of rotatable bonds is 3. The lowest BCUT2D eigenvalue weighted by molar-refractivity contribution is 0.615. The van der Waals surface area contributed by atoms with Gasteiger partial charge in [-0.05, 0) is 61.3 Å². The predicted molar refractivity (Wildman–Crippen MR) is 78.2 cm³/mol. The van der Waals surface area contributed by atoms with Gasteiger partial charge in [-0.15, -0.1) is 0 Å². The van der Waals surface area contributed by atoms with Gasteiger partial charge in [0.15, 0.2) is 0 Å². The maximum absolute atomic E-state index is 13.5. The SMILES string of the molecule is CNC(c1cc(C)cc(F)c1)c1ccc(Cl)c(C)c1. The molecule has 3 heteroatoms. The van der Waals surface area contributed by atoms with E-state index in [4.69, 9.17) is 11.6 Å². The minimum Gasteiger partial charge on any atom is -0.309 e. The molecule has 0 aromatic heterocycles. The average Bonchev–Trinajstić information content (AvgIpc) is 2.33. The third kappa shape index (κ3) is 3.14. The molecule has 0 amide bonds. The molecule has 0 bridgehead atoms. The summed E-state index contributed by atoms with van der Waals surface area (Å²) in [5.41, 5.74) is 3.93. The van der Waals surface area contributed by atoms with Gasteiger partial charge in [-0.3, -0.25) is 0 Å². The summed E-state index contributed by atoms with van der Waals surface area (Å²) < 4.78 is 13.5. The molecule has 0 saturated heterocycles. The Morgan fingerprint density at radius 3 is 2.37 bits per heavy atom. The largest absolute Gasteiger partial charge is 0.309 e. The third-order valence-corrected chi connectivity index (χ3v) is 3.63. The highest BCUT2D eigenvalue weighted by atomic mass is 35.5. The van der Waals surface area contributed by atoms with Crippen LogP contribution in [0.4, 0.5) is 4.39 Å². The Hall–Kier alpha value is -1.38. The first-order chi connectivity index (χ1) is 9.01. The van der Waals surface area contributed by atoms with Crippen molar-refractivity contribution < 1.29 is 4.39 Å². The maximum Gasteiger partial charge on any atom is 0.123 e. The monoisotopic (exact) mass is 277 g/mol. The van der Waals surface area contributed by atoms with Gasteiger partial charge in [-0.25, -0.2) is 4.39 Å². The number of halogens is 2. The number of hydrogen-bond donors (Lipinski definition) is 1. The second-order valence-corrected chi connectivity index (χ2v) is 5.20. The molecule has 0 aliphatic heterocycles. The standard InChI is InChI=1S/C16H17ClFN/c1-10-6-13(9-14(18)7-10)16(19-3)12-4-5-15(17)11(2)8-12/h4-9,16,19H,1-3H3. The highest BCUT2D eigenvalue weighted by molar-refractivity contribution is 6.31. The van der Waals surface area contributed by atoms with Crippen molar-refractivity contribution in [3.8, 4) is 0 Å². The van der Waals surface area contributed by atoms with Crippen LogP contribution in [0.1, 0.15) is 28.3 Å². The summed E-state index contributed by atoms with van der Waals surface area (Å²) in [6.45, 7) is 3.86. The highest BCUT2D eigenvalue weighted by Crippen LogP contribution is 2.26. The number of nitrogens with one attached hydrogen (secondary N) is 1. The van der Waals surface area contributed by atoms with Gasteiger partial charge in [0.25, 0.3) is 0 Å². The molecule has 100 valence electrons. The summed E-state index contributed by atoms with van der Waals surface area (Å²) in [6.07, 6.45) is 0. The average molecular weight is 278 g/mol. The fourth-order valence-electron chi connectivity index (χ4n) is 2.30. The topological polar surface area (TPSA) is 12.0 Å². The molecule has 0 fully saturated rings. The lowest BCUT2D eigenvalue weighted by atomic mass is 9.96. The van der Waals surface area contributed by atoms with Crippen molar-refractivity contribution in [3.63, 3.8) is 0 Å². The molecule has 1 atom stereocenters. The molecule has 0 heterocycles. The second-order valence-electron chi connectivity index (χ2n) is 4.79. The van der Waals surface area contributed by atoms with Gasteiger partial charge < -0.3 is 5.32 Å². The minimum absolute atomic E-state index is 0.0367. The first kappa shape index (κ1) is 14.0. The van der Waals surface area contributed by atoms with Crippen LogP contribution < -0.4 is 5.32 Å². The summed E-state index contributed by atoms with van der Waals surface area (Å²) in [5, 5.41) is 3.97. The van der Waals surface area contributed by atoms with Gasteiger partial charge in [-0.2, -0.15) is 0 Å². The van der Waals surface area contributed by atoms with Crippen molar-refractivity contribution in [1.82, 2.24) is 5.32 Å². The summed E-state index contributed by atoms with van der Waals surface area (Å²) in [6, 6.07) is 10.9. The molecule has 2 aromatic carbocycles. The van der Waals surface area contributed by atoms with Crippen LogP contribution in [0.2, 0.25) is 5.02 Å². The van der Waals surface area contributed by atoms with Crippen LogP contribution in [0.15, 0.2) is 36.4 Å². The van der Waals surface area contributed by atoms with E-state index < -0.39 is 0 Å². The Balaban J connectivity index is 2.46. The third-order valence-electron chi connectivity index (χ3n) is 3.20. The maximum atomic E-state index is 13.5. The summed E-state index contributed by atoms with van der Waals surface area (Å²) >= 11 is 6.04. The quantitative estimate of drug-likeness (QED) is 0.876. The van der Waals surface area contributed by atoms with Crippen LogP contribution in [0.25, 0.3) is 0 Å². The van der Waals surface area contributed by atoms with Crippen molar-refractivity contribution in [3.05, 3.63) is 69.5 Å². The Labute approximate surface area is 118 Å². The van der Waals surface area contributed by atoms with E-state index in [2.05, 4.69) is 5.32 Å². The van der Waals surface area contributed by atoms with Crippen LogP contribution in [-0.4, -0.2) is 7.05 Å². The molecule has 1 nitrogen and oxygen atoms in total. The Morgan fingerprint density at radius 1 is 1.05 bits per heavy atom. The summed E-state index contributed by atoms with van der Waals surface area (Å²) in [5.74, 6) is -0.207. The fraction of sp³-hybridized carbons (Fsp3) is 0.250. The molecule has 2 rings (SSSR count). The molecular weight excluding hydrogens is 261 g/mol. The van der Waals surface area contributed by atoms with E-state index in [9.17, 15) is 4.39 Å². The molecule has 0 aliphatic rings. The van der Waals surface area contributed by atoms with Crippen LogP contribution >= 0.6 is 11.6 Å². The highest BCUT2D eigenvalue weighted by Gasteiger charge is 2.14. The zero-order chi connectivity index (χ0) is 14.0. The van der Waals surface area contributed by atoms with Crippen LogP contribution in [0, 0.1) is 19.7 Å². The second kappa shape index (κ2) is 5.72. The molecule has 0 saturated carbocycles. The van der Waals surface area contributed by atoms with E-state index in [1.807, 2.05) is 45.2 Å². The van der Waals surface area contributed by atoms with Gasteiger partial charge in [0.1, 0.15) is 5.82 Å². The van der Waals surface area contributed by atoms with Gasteiger partial charge in [0.05, 0.1) is 6.04 Å². The Kier molecular flexibility index (Phi) is 4.23. The number of benzene rings is 2. The first-order valence-corrected chi connectivity index (χ1v) is 6.59. The molecule has 0 spiro atoms. The molecule has 1 N–H and O–H groups in total. The van der Waals surface area contributed by atoms with Crippen molar-refractivity contribution in [2.24, 2.45) is 0 Å². The lowest BCUT2D eigenvalue weighted by Gasteiger charge is -2.19. The Morgan fingerprint density at radius 2 is 1.79 bits per heavy atom. The predicted octanol–water partition coefficient (Wildman–Crippen LogP) is 4.40. The lowest BCUT2D eigenvalue weighted by Crippen LogP contribution is -2.18. The smallest absolute Gasteiger partial charge is 0.123 e. The molecule has 0 radical (unpaired) electrons. The zero-order valence-corrected chi connectivity index (χ0v) is 12.1. The van der Waals surface area contributed by atoms with E-state index >= 15 is 0 Å². The van der Waals surface area contributed by atoms with Crippen LogP contribution in [0.5, 0.6) is 0 Å². The first-order valence-electron chi connectivity index (χ1n) is 6.21. The molecule has 19 heavy (non-hydrogen) atoms. The van der Waals surface area contributed by atoms with E-state index in [-0.39, 0.29) is 11.9 Å². The summed E-state index contributed by atoms with van der Waals surface area (Å²) in [7, 11) is 1.87. The normalized spacial score (nSPS) is 12.5.